The summed E-state index contributed by atoms with van der Waals surface area (Å²) in [6.07, 6.45) is 7.15. The minimum atomic E-state index is -0.289. The highest BCUT2D eigenvalue weighted by molar-refractivity contribution is 5.89. The molecule has 4 heterocycles. The van der Waals surface area contributed by atoms with Gasteiger partial charge in [0.05, 0.1) is 12.2 Å². The number of hydrogen-bond acceptors (Lipinski definition) is 5. The second kappa shape index (κ2) is 7.95. The van der Waals surface area contributed by atoms with Gasteiger partial charge < -0.3 is 5.32 Å². The van der Waals surface area contributed by atoms with Crippen molar-refractivity contribution < 1.29 is 4.39 Å². The standard InChI is InChI=1S/C24H19FN6/c1-16-11-18(14-26-13-16)23-29-24(28-15-20-7-2-3-9-27-20)22-21(8-10-31(22)30-23)17-5-4-6-19(25)12-17/h2-14H,15H2,1H3,(H,28,29,30). The topological polar surface area (TPSA) is 68.0 Å². The molecule has 0 radical (unpaired) electrons. The van der Waals surface area contributed by atoms with Crippen molar-refractivity contribution in [1.82, 2.24) is 24.6 Å². The van der Waals surface area contributed by atoms with E-state index in [0.717, 1.165) is 33.5 Å². The number of halogens is 1. The van der Waals surface area contributed by atoms with Crippen LogP contribution in [0.5, 0.6) is 0 Å². The second-order valence-electron chi connectivity index (χ2n) is 7.24. The van der Waals surface area contributed by atoms with Gasteiger partial charge in [-0.25, -0.2) is 13.9 Å². The van der Waals surface area contributed by atoms with Crippen molar-refractivity contribution in [3.63, 3.8) is 0 Å². The minimum Gasteiger partial charge on any atom is -0.363 e. The van der Waals surface area contributed by atoms with Gasteiger partial charge in [0.2, 0.25) is 0 Å². The molecular weight excluding hydrogens is 391 g/mol. The van der Waals surface area contributed by atoms with Gasteiger partial charge in [0.1, 0.15) is 11.3 Å². The predicted molar refractivity (Wildman–Crippen MR) is 118 cm³/mol. The Bertz CT molecular complexity index is 1360. The Balaban J connectivity index is 1.65. The molecule has 0 aliphatic rings. The van der Waals surface area contributed by atoms with Crippen molar-refractivity contribution in [3.05, 3.63) is 96.5 Å². The Morgan fingerprint density at radius 3 is 2.74 bits per heavy atom. The van der Waals surface area contributed by atoms with Crippen LogP contribution >= 0.6 is 0 Å². The molecule has 0 aliphatic heterocycles. The molecule has 0 fully saturated rings. The molecule has 5 rings (SSSR count). The van der Waals surface area contributed by atoms with Crippen LogP contribution in [0.25, 0.3) is 28.0 Å². The van der Waals surface area contributed by atoms with Gasteiger partial charge in [0, 0.05) is 35.9 Å². The summed E-state index contributed by atoms with van der Waals surface area (Å²) >= 11 is 0. The largest absolute Gasteiger partial charge is 0.363 e. The summed E-state index contributed by atoms with van der Waals surface area (Å²) in [5.41, 5.74) is 5.11. The van der Waals surface area contributed by atoms with E-state index in [1.54, 1.807) is 29.2 Å². The number of fused-ring (bicyclic) bond motifs is 1. The monoisotopic (exact) mass is 410 g/mol. The smallest absolute Gasteiger partial charge is 0.183 e. The third kappa shape index (κ3) is 3.85. The zero-order valence-corrected chi connectivity index (χ0v) is 16.8. The summed E-state index contributed by atoms with van der Waals surface area (Å²) in [7, 11) is 0. The first-order valence-corrected chi connectivity index (χ1v) is 9.88. The van der Waals surface area contributed by atoms with Crippen LogP contribution in [0, 0.1) is 12.7 Å². The SMILES string of the molecule is Cc1cncc(-c2nc(NCc3ccccn3)c3c(-c4cccc(F)c4)ccn3n2)c1. The average Bonchev–Trinajstić information content (AvgIpc) is 3.22. The van der Waals surface area contributed by atoms with Crippen molar-refractivity contribution in [2.24, 2.45) is 0 Å². The van der Waals surface area contributed by atoms with Crippen molar-refractivity contribution in [3.8, 4) is 22.5 Å². The van der Waals surface area contributed by atoms with Crippen LogP contribution in [0.2, 0.25) is 0 Å². The molecule has 4 aromatic heterocycles. The Morgan fingerprint density at radius 2 is 1.94 bits per heavy atom. The number of pyridine rings is 2. The maximum atomic E-state index is 13.9. The summed E-state index contributed by atoms with van der Waals surface area (Å²) in [4.78, 5) is 13.4. The molecule has 0 unspecified atom stereocenters. The number of aryl methyl sites for hydroxylation is 1. The van der Waals surface area contributed by atoms with Crippen LogP contribution in [-0.2, 0) is 6.54 Å². The van der Waals surface area contributed by atoms with Crippen molar-refractivity contribution >= 4 is 11.3 Å². The normalized spacial score (nSPS) is 11.0. The molecule has 0 atom stereocenters. The van der Waals surface area contributed by atoms with Gasteiger partial charge in [-0.1, -0.05) is 18.2 Å². The zero-order chi connectivity index (χ0) is 21.2. The third-order valence-corrected chi connectivity index (χ3v) is 4.94. The lowest BCUT2D eigenvalue weighted by Crippen LogP contribution is -2.08. The number of hydrogen-bond donors (Lipinski definition) is 1. The number of rotatable bonds is 5. The quantitative estimate of drug-likeness (QED) is 0.446. The molecule has 0 amide bonds. The summed E-state index contributed by atoms with van der Waals surface area (Å²) < 4.78 is 15.7. The van der Waals surface area contributed by atoms with Gasteiger partial charge in [-0.15, -0.1) is 5.10 Å². The van der Waals surface area contributed by atoms with Crippen LogP contribution in [0.15, 0.2) is 79.4 Å². The number of nitrogens with zero attached hydrogens (tertiary/aromatic N) is 5. The van der Waals surface area contributed by atoms with Gasteiger partial charge in [-0.3, -0.25) is 9.97 Å². The van der Waals surface area contributed by atoms with Gasteiger partial charge in [-0.05, 0) is 54.4 Å². The van der Waals surface area contributed by atoms with Gasteiger partial charge in [0.25, 0.3) is 0 Å². The summed E-state index contributed by atoms with van der Waals surface area (Å²) in [6.45, 7) is 2.47. The van der Waals surface area contributed by atoms with E-state index in [1.807, 2.05) is 49.5 Å². The molecule has 0 bridgehead atoms. The fraction of sp³-hybridized carbons (Fsp3) is 0.0833. The van der Waals surface area contributed by atoms with Crippen LogP contribution < -0.4 is 5.32 Å². The van der Waals surface area contributed by atoms with E-state index in [-0.39, 0.29) is 5.82 Å². The fourth-order valence-electron chi connectivity index (χ4n) is 3.51. The molecule has 7 heteroatoms. The molecule has 31 heavy (non-hydrogen) atoms. The lowest BCUT2D eigenvalue weighted by atomic mass is 10.1. The molecule has 152 valence electrons. The van der Waals surface area contributed by atoms with Crippen molar-refractivity contribution in [2.45, 2.75) is 13.5 Å². The second-order valence-corrected chi connectivity index (χ2v) is 7.24. The Hall–Kier alpha value is -4.13. The van der Waals surface area contributed by atoms with E-state index in [9.17, 15) is 4.39 Å². The molecule has 0 saturated heterocycles. The first kappa shape index (κ1) is 18.9. The predicted octanol–water partition coefficient (Wildman–Crippen LogP) is 4.91. The summed E-state index contributed by atoms with van der Waals surface area (Å²) in [6, 6.07) is 16.2. The lowest BCUT2D eigenvalue weighted by Gasteiger charge is -2.12. The molecule has 6 nitrogen and oxygen atoms in total. The maximum absolute atomic E-state index is 13.9. The van der Waals surface area contributed by atoms with Gasteiger partial charge >= 0.3 is 0 Å². The fourth-order valence-corrected chi connectivity index (χ4v) is 3.51. The first-order chi connectivity index (χ1) is 15.2. The van der Waals surface area contributed by atoms with Crippen molar-refractivity contribution in [2.75, 3.05) is 5.32 Å². The van der Waals surface area contributed by atoms with E-state index in [4.69, 9.17) is 4.98 Å². The lowest BCUT2D eigenvalue weighted by molar-refractivity contribution is 0.628. The Morgan fingerprint density at radius 1 is 1.00 bits per heavy atom. The zero-order valence-electron chi connectivity index (χ0n) is 16.8. The van der Waals surface area contributed by atoms with E-state index in [0.29, 0.717) is 18.2 Å². The Kier molecular flexibility index (Phi) is 4.84. The maximum Gasteiger partial charge on any atom is 0.183 e. The highest BCUT2D eigenvalue weighted by atomic mass is 19.1. The number of benzene rings is 1. The Labute approximate surface area is 178 Å². The minimum absolute atomic E-state index is 0.289. The number of nitrogens with one attached hydrogen (secondary N) is 1. The number of aromatic nitrogens is 5. The van der Waals surface area contributed by atoms with Crippen LogP contribution in [0.4, 0.5) is 10.2 Å². The molecule has 0 spiro atoms. The van der Waals surface area contributed by atoms with E-state index < -0.39 is 0 Å². The summed E-state index contributed by atoms with van der Waals surface area (Å²) in [5, 5.41) is 8.08. The molecule has 0 saturated carbocycles. The molecule has 5 aromatic rings. The van der Waals surface area contributed by atoms with Gasteiger partial charge in [-0.2, -0.15) is 0 Å². The van der Waals surface area contributed by atoms with Crippen LogP contribution in [-0.4, -0.2) is 24.6 Å². The first-order valence-electron chi connectivity index (χ1n) is 9.88. The average molecular weight is 410 g/mol. The molecular formula is C24H19FN6. The van der Waals surface area contributed by atoms with Gasteiger partial charge in [0.15, 0.2) is 11.6 Å². The van der Waals surface area contributed by atoms with Crippen molar-refractivity contribution in [1.29, 1.82) is 0 Å². The van der Waals surface area contributed by atoms with Crippen LogP contribution in [0.3, 0.4) is 0 Å². The molecule has 1 N–H and O–H groups in total. The molecule has 1 aromatic carbocycles. The highest BCUT2D eigenvalue weighted by Crippen LogP contribution is 2.31. The number of anilines is 1. The summed E-state index contributed by atoms with van der Waals surface area (Å²) in [5.74, 6) is 0.901. The molecule has 0 aliphatic carbocycles. The van der Waals surface area contributed by atoms with E-state index in [1.165, 1.54) is 12.1 Å². The van der Waals surface area contributed by atoms with Crippen LogP contribution in [0.1, 0.15) is 11.3 Å². The van der Waals surface area contributed by atoms with E-state index >= 15 is 0 Å². The van der Waals surface area contributed by atoms with E-state index in [2.05, 4.69) is 20.4 Å². The third-order valence-electron chi connectivity index (χ3n) is 4.94. The highest BCUT2D eigenvalue weighted by Gasteiger charge is 2.16.